The Bertz CT molecular complexity index is 1300. The lowest BCUT2D eigenvalue weighted by molar-refractivity contribution is -0.206. The van der Waals surface area contributed by atoms with Crippen LogP contribution in [0.4, 0.5) is 13.2 Å². The van der Waals surface area contributed by atoms with Crippen LogP contribution in [-0.4, -0.2) is 40.8 Å². The Morgan fingerprint density at radius 3 is 1.84 bits per heavy atom. The minimum absolute atomic E-state index is 0.0838. The molecule has 1 atom stereocenters. The standard InChI is InChI=1S/C35H43F3N2O5/c1-3-5-7-9-10-11-13-23-43-29-19-15-26(16-20-29)32-39-24-28(25-40-32)34(42)44-30-21-17-27(18-22-30)33(41)45-31(35(36,37)38)14-12-8-6-4-2/h15-22,24-25,31H,3-14,23H2,1-2H3/t31-/m1/s1. The molecule has 244 valence electrons. The molecule has 1 aromatic heterocycles. The van der Waals surface area contributed by atoms with E-state index in [1.54, 1.807) is 0 Å². The van der Waals surface area contributed by atoms with Gasteiger partial charge in [-0.2, -0.15) is 13.2 Å². The number of esters is 2. The van der Waals surface area contributed by atoms with E-state index in [9.17, 15) is 22.8 Å². The molecule has 0 spiro atoms. The molecular weight excluding hydrogens is 585 g/mol. The highest BCUT2D eigenvalue weighted by atomic mass is 19.4. The van der Waals surface area contributed by atoms with Crippen LogP contribution in [0.2, 0.25) is 0 Å². The lowest BCUT2D eigenvalue weighted by atomic mass is 10.1. The highest BCUT2D eigenvalue weighted by Crippen LogP contribution is 2.28. The van der Waals surface area contributed by atoms with Crippen molar-refractivity contribution in [3.63, 3.8) is 0 Å². The zero-order chi connectivity index (χ0) is 32.5. The molecule has 2 aromatic carbocycles. The molecule has 3 aromatic rings. The van der Waals surface area contributed by atoms with Gasteiger partial charge in [0.25, 0.3) is 0 Å². The molecule has 0 fully saturated rings. The Morgan fingerprint density at radius 1 is 0.689 bits per heavy atom. The molecule has 0 amide bonds. The summed E-state index contributed by atoms with van der Waals surface area (Å²) in [4.78, 5) is 33.5. The number of aromatic nitrogens is 2. The van der Waals surface area contributed by atoms with Gasteiger partial charge < -0.3 is 14.2 Å². The Morgan fingerprint density at radius 2 is 1.24 bits per heavy atom. The molecule has 0 aliphatic heterocycles. The second-order valence-corrected chi connectivity index (χ2v) is 11.0. The lowest BCUT2D eigenvalue weighted by Crippen LogP contribution is -2.33. The minimum Gasteiger partial charge on any atom is -0.494 e. The number of halogens is 3. The fraction of sp³-hybridized carbons (Fsp3) is 0.486. The third-order valence-electron chi connectivity index (χ3n) is 7.25. The number of benzene rings is 2. The summed E-state index contributed by atoms with van der Waals surface area (Å²) < 4.78 is 56.0. The molecule has 0 N–H and O–H groups in total. The molecule has 7 nitrogen and oxygen atoms in total. The van der Waals surface area contributed by atoms with E-state index in [2.05, 4.69) is 16.9 Å². The van der Waals surface area contributed by atoms with Gasteiger partial charge >= 0.3 is 18.1 Å². The van der Waals surface area contributed by atoms with E-state index in [1.807, 2.05) is 31.2 Å². The number of alkyl halides is 3. The quantitative estimate of drug-likeness (QED) is 0.0742. The topological polar surface area (TPSA) is 87.6 Å². The Balaban J connectivity index is 1.47. The Kier molecular flexibility index (Phi) is 14.8. The summed E-state index contributed by atoms with van der Waals surface area (Å²) in [6.45, 7) is 4.84. The summed E-state index contributed by atoms with van der Waals surface area (Å²) in [5.41, 5.74) is 0.780. The number of rotatable bonds is 19. The van der Waals surface area contributed by atoms with Gasteiger partial charge in [0.2, 0.25) is 0 Å². The predicted octanol–water partition coefficient (Wildman–Crippen LogP) is 9.55. The van der Waals surface area contributed by atoms with Crippen LogP contribution < -0.4 is 9.47 Å². The Hall–Kier alpha value is -3.95. The molecule has 0 saturated carbocycles. The summed E-state index contributed by atoms with van der Waals surface area (Å²) in [5, 5.41) is 0. The van der Waals surface area contributed by atoms with Crippen LogP contribution in [0, 0.1) is 0 Å². The van der Waals surface area contributed by atoms with Crippen molar-refractivity contribution < 1.29 is 37.0 Å². The van der Waals surface area contributed by atoms with Crippen molar-refractivity contribution in [1.82, 2.24) is 9.97 Å². The first-order valence-electron chi connectivity index (χ1n) is 15.9. The highest BCUT2D eigenvalue weighted by molar-refractivity contribution is 5.91. The van der Waals surface area contributed by atoms with E-state index < -0.39 is 24.2 Å². The molecule has 45 heavy (non-hydrogen) atoms. The average Bonchev–Trinajstić information content (AvgIpc) is 3.04. The molecule has 0 saturated heterocycles. The third-order valence-corrected chi connectivity index (χ3v) is 7.25. The molecular formula is C35H43F3N2O5. The van der Waals surface area contributed by atoms with Crippen LogP contribution in [0.5, 0.6) is 11.5 Å². The maximum absolute atomic E-state index is 13.4. The van der Waals surface area contributed by atoms with Crippen molar-refractivity contribution in [3.05, 3.63) is 72.1 Å². The number of nitrogens with zero attached hydrogens (tertiary/aromatic N) is 2. The van der Waals surface area contributed by atoms with Gasteiger partial charge in [-0.25, -0.2) is 19.6 Å². The zero-order valence-corrected chi connectivity index (χ0v) is 26.1. The van der Waals surface area contributed by atoms with Gasteiger partial charge in [0, 0.05) is 18.0 Å². The van der Waals surface area contributed by atoms with Crippen molar-refractivity contribution in [2.45, 2.75) is 103 Å². The van der Waals surface area contributed by atoms with Gasteiger partial charge in [-0.1, -0.05) is 71.6 Å². The van der Waals surface area contributed by atoms with Crippen LogP contribution in [-0.2, 0) is 4.74 Å². The van der Waals surface area contributed by atoms with Crippen LogP contribution in [0.1, 0.15) is 112 Å². The second kappa shape index (κ2) is 18.8. The second-order valence-electron chi connectivity index (χ2n) is 11.0. The molecule has 0 aliphatic rings. The van der Waals surface area contributed by atoms with Gasteiger partial charge in [0.05, 0.1) is 17.7 Å². The summed E-state index contributed by atoms with van der Waals surface area (Å²) in [6.07, 6.45) is 6.78. The first kappa shape index (κ1) is 35.5. The van der Waals surface area contributed by atoms with Gasteiger partial charge in [-0.3, -0.25) is 0 Å². The van der Waals surface area contributed by atoms with Gasteiger partial charge in [-0.05, 0) is 67.8 Å². The summed E-state index contributed by atoms with van der Waals surface area (Å²) >= 11 is 0. The van der Waals surface area contributed by atoms with Crippen molar-refractivity contribution in [1.29, 1.82) is 0 Å². The maximum Gasteiger partial charge on any atom is 0.425 e. The number of hydrogen-bond acceptors (Lipinski definition) is 7. The van der Waals surface area contributed by atoms with Crippen molar-refractivity contribution >= 4 is 11.9 Å². The van der Waals surface area contributed by atoms with Gasteiger partial charge in [0.1, 0.15) is 11.5 Å². The monoisotopic (exact) mass is 628 g/mol. The maximum atomic E-state index is 13.4. The SMILES string of the molecule is CCCCCCCCCOc1ccc(-c2ncc(C(=O)Oc3ccc(C(=O)O[C@H](CCCCCC)C(F)(F)F)cc3)cn2)cc1. The number of ether oxygens (including phenoxy) is 3. The highest BCUT2D eigenvalue weighted by Gasteiger charge is 2.42. The first-order valence-corrected chi connectivity index (χ1v) is 15.9. The number of hydrogen-bond donors (Lipinski definition) is 0. The smallest absolute Gasteiger partial charge is 0.425 e. The zero-order valence-electron chi connectivity index (χ0n) is 26.1. The summed E-state index contributed by atoms with van der Waals surface area (Å²) in [5.74, 6) is -0.528. The van der Waals surface area contributed by atoms with Crippen LogP contribution in [0.25, 0.3) is 11.4 Å². The molecule has 3 rings (SSSR count). The Labute approximate surface area is 263 Å². The number of unbranched alkanes of at least 4 members (excludes halogenated alkanes) is 9. The van der Waals surface area contributed by atoms with E-state index in [4.69, 9.17) is 14.2 Å². The van der Waals surface area contributed by atoms with E-state index in [-0.39, 0.29) is 23.3 Å². The van der Waals surface area contributed by atoms with Crippen LogP contribution >= 0.6 is 0 Å². The van der Waals surface area contributed by atoms with Gasteiger partial charge in [-0.15, -0.1) is 0 Å². The summed E-state index contributed by atoms with van der Waals surface area (Å²) in [6, 6.07) is 12.5. The fourth-order valence-electron chi connectivity index (χ4n) is 4.60. The van der Waals surface area contributed by atoms with E-state index >= 15 is 0 Å². The van der Waals surface area contributed by atoms with Crippen molar-refractivity contribution in [2.75, 3.05) is 6.61 Å². The van der Waals surface area contributed by atoms with Crippen molar-refractivity contribution in [2.24, 2.45) is 0 Å². The normalized spacial score (nSPS) is 12.0. The average molecular weight is 629 g/mol. The lowest BCUT2D eigenvalue weighted by Gasteiger charge is -2.20. The number of carbonyl (C=O) groups excluding carboxylic acids is 2. The van der Waals surface area contributed by atoms with Crippen molar-refractivity contribution in [3.8, 4) is 22.9 Å². The van der Waals surface area contributed by atoms with E-state index in [0.29, 0.717) is 25.3 Å². The number of carbonyl (C=O) groups is 2. The minimum atomic E-state index is -4.65. The molecule has 0 aliphatic carbocycles. The van der Waals surface area contributed by atoms with Crippen LogP contribution in [0.3, 0.4) is 0 Å². The molecule has 1 heterocycles. The van der Waals surface area contributed by atoms with Gasteiger partial charge in [0.15, 0.2) is 11.9 Å². The molecule has 0 unspecified atom stereocenters. The predicted molar refractivity (Wildman–Crippen MR) is 166 cm³/mol. The first-order chi connectivity index (χ1) is 21.7. The molecule has 10 heteroatoms. The van der Waals surface area contributed by atoms with E-state index in [0.717, 1.165) is 37.0 Å². The fourth-order valence-corrected chi connectivity index (χ4v) is 4.60. The van der Waals surface area contributed by atoms with E-state index in [1.165, 1.54) is 68.8 Å². The largest absolute Gasteiger partial charge is 0.494 e. The summed E-state index contributed by atoms with van der Waals surface area (Å²) in [7, 11) is 0. The molecule has 0 bridgehead atoms. The third kappa shape index (κ3) is 12.5. The van der Waals surface area contributed by atoms with Crippen LogP contribution in [0.15, 0.2) is 60.9 Å². The molecule has 0 radical (unpaired) electrons.